The van der Waals surface area contributed by atoms with E-state index in [0.29, 0.717) is 40.5 Å². The number of nitrogens with zero attached hydrogens (tertiary/aromatic N) is 1. The van der Waals surface area contributed by atoms with Gasteiger partial charge in [0, 0.05) is 6.54 Å². The van der Waals surface area contributed by atoms with Crippen molar-refractivity contribution in [3.05, 3.63) is 27.1 Å². The Balaban J connectivity index is 2.36. The zero-order valence-corrected chi connectivity index (χ0v) is 17.1. The first-order valence-corrected chi connectivity index (χ1v) is 9.88. The summed E-state index contributed by atoms with van der Waals surface area (Å²) in [5, 5.41) is 0. The van der Waals surface area contributed by atoms with E-state index in [1.165, 1.54) is 11.8 Å². The predicted octanol–water partition coefficient (Wildman–Crippen LogP) is 4.86. The molecular formula is C17H20BrNO3S2. The van der Waals surface area contributed by atoms with Gasteiger partial charge < -0.3 is 9.47 Å². The van der Waals surface area contributed by atoms with Gasteiger partial charge in [0.25, 0.3) is 5.91 Å². The van der Waals surface area contributed by atoms with Gasteiger partial charge in [-0.3, -0.25) is 9.69 Å². The Kier molecular flexibility index (Phi) is 7.13. The summed E-state index contributed by atoms with van der Waals surface area (Å²) in [6.45, 7) is 7.61. The van der Waals surface area contributed by atoms with Crippen molar-refractivity contribution >= 4 is 56.2 Å². The van der Waals surface area contributed by atoms with E-state index in [1.54, 1.807) is 4.90 Å². The molecule has 0 N–H and O–H groups in total. The highest BCUT2D eigenvalue weighted by molar-refractivity contribution is 9.10. The molecule has 0 radical (unpaired) electrons. The molecule has 0 bridgehead atoms. The van der Waals surface area contributed by atoms with Crippen LogP contribution in [-0.2, 0) is 4.79 Å². The van der Waals surface area contributed by atoms with Gasteiger partial charge in [-0.15, -0.1) is 0 Å². The quantitative estimate of drug-likeness (QED) is 0.457. The third-order valence-electron chi connectivity index (χ3n) is 3.24. The Morgan fingerprint density at radius 2 is 1.96 bits per heavy atom. The normalized spacial score (nSPS) is 16.2. The largest absolute Gasteiger partial charge is 0.490 e. The molecular weight excluding hydrogens is 410 g/mol. The number of rotatable bonds is 7. The maximum absolute atomic E-state index is 12.5. The topological polar surface area (TPSA) is 38.8 Å². The number of thioether (sulfide) groups is 1. The van der Waals surface area contributed by atoms with Gasteiger partial charge in [-0.1, -0.05) is 30.9 Å². The van der Waals surface area contributed by atoms with Gasteiger partial charge in [0.2, 0.25) is 0 Å². The third-order valence-corrected chi connectivity index (χ3v) is 5.21. The molecule has 1 aromatic rings. The highest BCUT2D eigenvalue weighted by atomic mass is 79.9. The van der Waals surface area contributed by atoms with Crippen molar-refractivity contribution in [1.82, 2.24) is 4.90 Å². The Morgan fingerprint density at radius 1 is 1.25 bits per heavy atom. The number of carbonyl (C=O) groups excluding carboxylic acids is 1. The van der Waals surface area contributed by atoms with Gasteiger partial charge >= 0.3 is 0 Å². The lowest BCUT2D eigenvalue weighted by molar-refractivity contribution is -0.122. The second-order valence-corrected chi connectivity index (χ2v) is 7.56. The van der Waals surface area contributed by atoms with Crippen LogP contribution in [-0.4, -0.2) is 34.9 Å². The smallest absolute Gasteiger partial charge is 0.266 e. The number of ether oxygens (including phenoxy) is 2. The third kappa shape index (κ3) is 4.32. The number of halogens is 1. The molecule has 1 amide bonds. The molecule has 1 aliphatic heterocycles. The number of carbonyl (C=O) groups is 1. The van der Waals surface area contributed by atoms with E-state index in [4.69, 9.17) is 21.7 Å². The average molecular weight is 430 g/mol. The van der Waals surface area contributed by atoms with Crippen LogP contribution in [0.3, 0.4) is 0 Å². The number of hydrogen-bond donors (Lipinski definition) is 0. The predicted molar refractivity (Wildman–Crippen MR) is 107 cm³/mol. The van der Waals surface area contributed by atoms with Gasteiger partial charge in [-0.2, -0.15) is 0 Å². The summed E-state index contributed by atoms with van der Waals surface area (Å²) in [5.74, 6) is 1.30. The fourth-order valence-electron chi connectivity index (χ4n) is 2.29. The van der Waals surface area contributed by atoms with Crippen LogP contribution in [0, 0.1) is 0 Å². The summed E-state index contributed by atoms with van der Waals surface area (Å²) >= 11 is 10.2. The maximum atomic E-state index is 12.5. The zero-order valence-electron chi connectivity index (χ0n) is 13.9. The minimum atomic E-state index is -0.0326. The van der Waals surface area contributed by atoms with Crippen LogP contribution in [0.2, 0.25) is 0 Å². The number of amides is 1. The molecule has 4 nitrogen and oxygen atoms in total. The van der Waals surface area contributed by atoms with Crippen LogP contribution in [0.4, 0.5) is 0 Å². The van der Waals surface area contributed by atoms with E-state index >= 15 is 0 Å². The van der Waals surface area contributed by atoms with Crippen molar-refractivity contribution < 1.29 is 14.3 Å². The van der Waals surface area contributed by atoms with Gasteiger partial charge in [-0.25, -0.2) is 0 Å². The van der Waals surface area contributed by atoms with Crippen LogP contribution in [0.5, 0.6) is 11.5 Å². The lowest BCUT2D eigenvalue weighted by Gasteiger charge is -2.14. The molecule has 0 unspecified atom stereocenters. The summed E-state index contributed by atoms with van der Waals surface area (Å²) in [5.41, 5.74) is 0.866. The van der Waals surface area contributed by atoms with Crippen molar-refractivity contribution in [3.63, 3.8) is 0 Å². The molecule has 1 fully saturated rings. The second-order valence-electron chi connectivity index (χ2n) is 5.03. The van der Waals surface area contributed by atoms with E-state index in [2.05, 4.69) is 15.9 Å². The van der Waals surface area contributed by atoms with E-state index in [0.717, 1.165) is 16.5 Å². The van der Waals surface area contributed by atoms with Crippen molar-refractivity contribution in [2.75, 3.05) is 19.8 Å². The van der Waals surface area contributed by atoms with Crippen molar-refractivity contribution in [1.29, 1.82) is 0 Å². The first-order chi connectivity index (χ1) is 11.5. The molecule has 1 aromatic carbocycles. The second kappa shape index (κ2) is 8.87. The van der Waals surface area contributed by atoms with Crippen LogP contribution >= 0.6 is 39.9 Å². The lowest BCUT2D eigenvalue weighted by atomic mass is 10.2. The maximum Gasteiger partial charge on any atom is 0.266 e. The molecule has 0 saturated carbocycles. The van der Waals surface area contributed by atoms with Gasteiger partial charge in [0.05, 0.1) is 22.6 Å². The number of hydrogen-bond acceptors (Lipinski definition) is 5. The molecule has 1 aliphatic rings. The van der Waals surface area contributed by atoms with Crippen molar-refractivity contribution in [2.45, 2.75) is 27.2 Å². The summed E-state index contributed by atoms with van der Waals surface area (Å²) < 4.78 is 12.7. The van der Waals surface area contributed by atoms with Gasteiger partial charge in [-0.05, 0) is 60.0 Å². The molecule has 130 valence electrons. The summed E-state index contributed by atoms with van der Waals surface area (Å²) in [7, 11) is 0. The van der Waals surface area contributed by atoms with Crippen LogP contribution < -0.4 is 9.47 Å². The Morgan fingerprint density at radius 3 is 2.58 bits per heavy atom. The SMILES string of the molecule is CCCN1C(=O)/C(=C/c2cc(Br)c(OCC)c(OCC)c2)SC1=S. The minimum Gasteiger partial charge on any atom is -0.490 e. The molecule has 24 heavy (non-hydrogen) atoms. The molecule has 0 atom stereocenters. The molecule has 0 spiro atoms. The van der Waals surface area contributed by atoms with Gasteiger partial charge in [0.1, 0.15) is 4.32 Å². The zero-order chi connectivity index (χ0) is 17.7. The summed E-state index contributed by atoms with van der Waals surface area (Å²) in [6.07, 6.45) is 2.72. The average Bonchev–Trinajstić information content (AvgIpc) is 2.79. The van der Waals surface area contributed by atoms with Crippen LogP contribution in [0.25, 0.3) is 6.08 Å². The van der Waals surface area contributed by atoms with Gasteiger partial charge in [0.15, 0.2) is 11.5 Å². The molecule has 1 heterocycles. The van der Waals surface area contributed by atoms with Crippen molar-refractivity contribution in [3.8, 4) is 11.5 Å². The molecule has 0 aromatic heterocycles. The highest BCUT2D eigenvalue weighted by Crippen LogP contribution is 2.39. The molecule has 7 heteroatoms. The molecule has 2 rings (SSSR count). The van der Waals surface area contributed by atoms with E-state index in [-0.39, 0.29) is 5.91 Å². The van der Waals surface area contributed by atoms with Crippen molar-refractivity contribution in [2.24, 2.45) is 0 Å². The first kappa shape index (κ1) is 19.3. The summed E-state index contributed by atoms with van der Waals surface area (Å²) in [4.78, 5) is 14.7. The van der Waals surface area contributed by atoms with E-state index in [9.17, 15) is 4.79 Å². The fraction of sp³-hybridized carbons (Fsp3) is 0.412. The standard InChI is InChI=1S/C17H20BrNO3S2/c1-4-7-19-16(20)14(24-17(19)23)10-11-8-12(18)15(22-6-3)13(9-11)21-5-2/h8-10H,4-7H2,1-3H3/b14-10-. The highest BCUT2D eigenvalue weighted by Gasteiger charge is 2.31. The molecule has 1 saturated heterocycles. The number of thiocarbonyl (C=S) groups is 1. The Bertz CT molecular complexity index is 676. The Hall–Kier alpha value is -1.05. The Labute approximate surface area is 160 Å². The number of benzene rings is 1. The van der Waals surface area contributed by atoms with Crippen LogP contribution in [0.15, 0.2) is 21.5 Å². The minimum absolute atomic E-state index is 0.0326. The monoisotopic (exact) mass is 429 g/mol. The van der Waals surface area contributed by atoms with Crippen LogP contribution in [0.1, 0.15) is 32.8 Å². The fourth-order valence-corrected chi connectivity index (χ4v) is 4.17. The molecule has 0 aliphatic carbocycles. The first-order valence-electron chi connectivity index (χ1n) is 7.86. The van der Waals surface area contributed by atoms with E-state index < -0.39 is 0 Å². The summed E-state index contributed by atoms with van der Waals surface area (Å²) in [6, 6.07) is 3.80. The van der Waals surface area contributed by atoms with E-state index in [1.807, 2.05) is 39.0 Å². The lowest BCUT2D eigenvalue weighted by Crippen LogP contribution is -2.28.